The Kier molecular flexibility index (Phi) is 5.91. The second-order valence-electron chi connectivity index (χ2n) is 7.05. The van der Waals surface area contributed by atoms with E-state index in [0.29, 0.717) is 18.6 Å². The topological polar surface area (TPSA) is 51.2 Å². The van der Waals surface area contributed by atoms with Crippen molar-refractivity contribution in [2.45, 2.75) is 44.9 Å². The van der Waals surface area contributed by atoms with Crippen LogP contribution in [0.1, 0.15) is 26.7 Å². The highest BCUT2D eigenvalue weighted by Gasteiger charge is 2.38. The highest BCUT2D eigenvalue weighted by molar-refractivity contribution is 5.80. The number of carbonyl (C=O) groups excluding carboxylic acids is 1. The van der Waals surface area contributed by atoms with Gasteiger partial charge in [0, 0.05) is 38.8 Å². The molecule has 0 aromatic heterocycles. The molecule has 0 aliphatic carbocycles. The Morgan fingerprint density at radius 2 is 2.04 bits per heavy atom. The van der Waals surface area contributed by atoms with E-state index in [1.165, 1.54) is 0 Å². The lowest BCUT2D eigenvalue weighted by Gasteiger charge is -2.34. The fraction of sp³-hybridized carbons (Fsp3) is 0.941. The first kappa shape index (κ1) is 17.1. The number of amides is 1. The van der Waals surface area contributed by atoms with Crippen molar-refractivity contribution in [3.8, 4) is 0 Å². The molecule has 6 nitrogen and oxygen atoms in total. The average molecular weight is 326 g/mol. The first-order chi connectivity index (χ1) is 11.1. The summed E-state index contributed by atoms with van der Waals surface area (Å²) in [5.41, 5.74) is 0. The first-order valence-electron chi connectivity index (χ1n) is 8.99. The van der Waals surface area contributed by atoms with Crippen molar-refractivity contribution < 1.29 is 19.0 Å². The predicted molar refractivity (Wildman–Crippen MR) is 86.3 cm³/mol. The SMILES string of the molecule is CC(OCC1CCCO1)C(=O)N1CC(C)C(N2CCOCC2)C1. The zero-order valence-corrected chi connectivity index (χ0v) is 14.4. The van der Waals surface area contributed by atoms with Gasteiger partial charge in [-0.2, -0.15) is 0 Å². The number of hydrogen-bond acceptors (Lipinski definition) is 5. The molecule has 3 fully saturated rings. The molecule has 0 N–H and O–H groups in total. The molecule has 4 unspecified atom stereocenters. The van der Waals surface area contributed by atoms with Crippen molar-refractivity contribution in [3.05, 3.63) is 0 Å². The number of likely N-dealkylation sites (tertiary alicyclic amines) is 1. The molecule has 0 radical (unpaired) electrons. The molecule has 3 saturated heterocycles. The van der Waals surface area contributed by atoms with Crippen molar-refractivity contribution in [1.29, 1.82) is 0 Å². The fourth-order valence-corrected chi connectivity index (χ4v) is 3.87. The molecule has 4 atom stereocenters. The summed E-state index contributed by atoms with van der Waals surface area (Å²) in [5.74, 6) is 0.619. The Morgan fingerprint density at radius 1 is 1.26 bits per heavy atom. The van der Waals surface area contributed by atoms with E-state index < -0.39 is 0 Å². The lowest BCUT2D eigenvalue weighted by molar-refractivity contribution is -0.143. The number of carbonyl (C=O) groups is 1. The number of ether oxygens (including phenoxy) is 3. The van der Waals surface area contributed by atoms with Crippen molar-refractivity contribution in [3.63, 3.8) is 0 Å². The van der Waals surface area contributed by atoms with Crippen LogP contribution in [0.25, 0.3) is 0 Å². The van der Waals surface area contributed by atoms with E-state index in [1.54, 1.807) is 0 Å². The van der Waals surface area contributed by atoms with E-state index in [1.807, 2.05) is 11.8 Å². The minimum atomic E-state index is -0.380. The van der Waals surface area contributed by atoms with Crippen LogP contribution in [0.3, 0.4) is 0 Å². The van der Waals surface area contributed by atoms with Crippen LogP contribution < -0.4 is 0 Å². The molecule has 3 heterocycles. The molecular formula is C17H30N2O4. The van der Waals surface area contributed by atoms with E-state index in [4.69, 9.17) is 14.2 Å². The van der Waals surface area contributed by atoms with Crippen molar-refractivity contribution in [2.75, 3.05) is 52.6 Å². The minimum absolute atomic E-state index is 0.116. The Balaban J connectivity index is 1.47. The van der Waals surface area contributed by atoms with Crippen LogP contribution in [0.15, 0.2) is 0 Å². The lowest BCUT2D eigenvalue weighted by Crippen LogP contribution is -2.47. The summed E-state index contributed by atoms with van der Waals surface area (Å²) >= 11 is 0. The van der Waals surface area contributed by atoms with Gasteiger partial charge in [0.2, 0.25) is 0 Å². The maximum absolute atomic E-state index is 12.6. The third-order valence-corrected chi connectivity index (χ3v) is 5.30. The van der Waals surface area contributed by atoms with Crippen molar-refractivity contribution in [1.82, 2.24) is 9.80 Å². The highest BCUT2D eigenvalue weighted by Crippen LogP contribution is 2.24. The number of morpholine rings is 1. The van der Waals surface area contributed by atoms with Crippen LogP contribution in [0, 0.1) is 5.92 Å². The monoisotopic (exact) mass is 326 g/mol. The second kappa shape index (κ2) is 7.92. The maximum Gasteiger partial charge on any atom is 0.251 e. The van der Waals surface area contributed by atoms with Crippen molar-refractivity contribution in [2.24, 2.45) is 5.92 Å². The molecule has 132 valence electrons. The predicted octanol–water partition coefficient (Wildman–Crippen LogP) is 0.750. The van der Waals surface area contributed by atoms with Gasteiger partial charge in [-0.15, -0.1) is 0 Å². The van der Waals surface area contributed by atoms with Gasteiger partial charge in [-0.1, -0.05) is 6.92 Å². The third-order valence-electron chi connectivity index (χ3n) is 5.30. The smallest absolute Gasteiger partial charge is 0.251 e. The quantitative estimate of drug-likeness (QED) is 0.746. The normalized spacial score (nSPS) is 34.0. The lowest BCUT2D eigenvalue weighted by atomic mass is 10.0. The maximum atomic E-state index is 12.6. The molecule has 0 aromatic carbocycles. The van der Waals surface area contributed by atoms with E-state index in [9.17, 15) is 4.79 Å². The van der Waals surface area contributed by atoms with Crippen LogP contribution >= 0.6 is 0 Å². The third kappa shape index (κ3) is 4.24. The van der Waals surface area contributed by atoms with Gasteiger partial charge in [0.15, 0.2) is 0 Å². The molecule has 0 spiro atoms. The largest absolute Gasteiger partial charge is 0.379 e. The molecule has 0 saturated carbocycles. The Labute approximate surface area is 139 Å². The van der Waals surface area contributed by atoms with Crippen LogP contribution in [-0.4, -0.2) is 86.6 Å². The van der Waals surface area contributed by atoms with Gasteiger partial charge in [-0.25, -0.2) is 0 Å². The molecule has 3 rings (SSSR count). The minimum Gasteiger partial charge on any atom is -0.379 e. The molecule has 0 bridgehead atoms. The second-order valence-corrected chi connectivity index (χ2v) is 7.05. The summed E-state index contributed by atoms with van der Waals surface area (Å²) in [6.07, 6.45) is 1.93. The van der Waals surface area contributed by atoms with Gasteiger partial charge in [-0.3, -0.25) is 9.69 Å². The fourth-order valence-electron chi connectivity index (χ4n) is 3.87. The highest BCUT2D eigenvalue weighted by atomic mass is 16.5. The standard InChI is InChI=1S/C17H30N2O4/c1-13-10-19(11-16(13)18-5-8-21-9-6-18)17(20)14(2)23-12-15-4-3-7-22-15/h13-16H,3-12H2,1-2H3. The van der Waals surface area contributed by atoms with Gasteiger partial charge in [0.1, 0.15) is 6.10 Å². The van der Waals surface area contributed by atoms with Crippen molar-refractivity contribution >= 4 is 5.91 Å². The Bertz CT molecular complexity index is 394. The van der Waals surface area contributed by atoms with E-state index in [2.05, 4.69) is 11.8 Å². The number of nitrogens with zero attached hydrogens (tertiary/aromatic N) is 2. The van der Waals surface area contributed by atoms with Gasteiger partial charge in [0.25, 0.3) is 5.91 Å². The Hall–Kier alpha value is -0.690. The van der Waals surface area contributed by atoms with E-state index >= 15 is 0 Å². The summed E-state index contributed by atoms with van der Waals surface area (Å²) in [6, 6.07) is 0.452. The van der Waals surface area contributed by atoms with Crippen LogP contribution in [-0.2, 0) is 19.0 Å². The average Bonchev–Trinajstić information content (AvgIpc) is 3.22. The molecule has 0 aromatic rings. The number of hydrogen-bond donors (Lipinski definition) is 0. The summed E-state index contributed by atoms with van der Waals surface area (Å²) < 4.78 is 16.8. The molecular weight excluding hydrogens is 296 g/mol. The number of rotatable bonds is 5. The summed E-state index contributed by atoms with van der Waals surface area (Å²) in [6.45, 7) is 10.7. The zero-order valence-electron chi connectivity index (χ0n) is 14.4. The molecule has 23 heavy (non-hydrogen) atoms. The van der Waals surface area contributed by atoms with Crippen LogP contribution in [0.4, 0.5) is 0 Å². The summed E-state index contributed by atoms with van der Waals surface area (Å²) in [7, 11) is 0. The molecule has 3 aliphatic heterocycles. The van der Waals surface area contributed by atoms with Gasteiger partial charge < -0.3 is 19.1 Å². The van der Waals surface area contributed by atoms with Gasteiger partial charge >= 0.3 is 0 Å². The van der Waals surface area contributed by atoms with Gasteiger partial charge in [0.05, 0.1) is 25.9 Å². The molecule has 6 heteroatoms. The zero-order chi connectivity index (χ0) is 16.2. The molecule has 3 aliphatic rings. The Morgan fingerprint density at radius 3 is 2.74 bits per heavy atom. The summed E-state index contributed by atoms with van der Waals surface area (Å²) in [5, 5.41) is 0. The van der Waals surface area contributed by atoms with E-state index in [-0.39, 0.29) is 18.1 Å². The summed E-state index contributed by atoms with van der Waals surface area (Å²) in [4.78, 5) is 17.1. The van der Waals surface area contributed by atoms with Crippen LogP contribution in [0.5, 0.6) is 0 Å². The first-order valence-corrected chi connectivity index (χ1v) is 8.99. The molecule has 1 amide bonds. The van der Waals surface area contributed by atoms with Crippen LogP contribution in [0.2, 0.25) is 0 Å². The van der Waals surface area contributed by atoms with Gasteiger partial charge in [-0.05, 0) is 25.7 Å². The van der Waals surface area contributed by atoms with E-state index in [0.717, 1.165) is 58.8 Å².